The predicted octanol–water partition coefficient (Wildman–Crippen LogP) is 3.34. The fourth-order valence-electron chi connectivity index (χ4n) is 2.27. The van der Waals surface area contributed by atoms with Crippen molar-refractivity contribution in [1.29, 1.82) is 0 Å². The number of nitrogens with one attached hydrogen (secondary N) is 1. The van der Waals surface area contributed by atoms with Gasteiger partial charge in [-0.3, -0.25) is 4.79 Å². The lowest BCUT2D eigenvalue weighted by Gasteiger charge is -2.31. The third-order valence-corrected chi connectivity index (χ3v) is 4.90. The fraction of sp³-hybridized carbons (Fsp3) is 0.375. The Hall–Kier alpha value is -1.86. The lowest BCUT2D eigenvalue weighted by Crippen LogP contribution is -2.52. The minimum Gasteiger partial charge on any atom is -0.344 e. The summed E-state index contributed by atoms with van der Waals surface area (Å²) in [6.45, 7) is 4.19. The highest BCUT2D eigenvalue weighted by Crippen LogP contribution is 2.29. The molecule has 23 heavy (non-hydrogen) atoms. The molecular weight excluding hydrogens is 320 g/mol. The number of thiazole rings is 1. The van der Waals surface area contributed by atoms with Crippen molar-refractivity contribution in [2.75, 3.05) is 6.54 Å². The smallest absolute Gasteiger partial charge is 0.271 e. The fourth-order valence-corrected chi connectivity index (χ4v) is 3.11. The summed E-state index contributed by atoms with van der Waals surface area (Å²) < 4.78 is 27.6. The van der Waals surface area contributed by atoms with Crippen LogP contribution >= 0.6 is 11.3 Å². The standard InChI is InChI=1S/C16H19F2N3OS/c1-3-16(4-2,9-19)21-14(22)12-8-23-15(20-12)13-10(17)6-5-7-11(13)18/h5-8H,3-4,9,19H2,1-2H3,(H,21,22). The van der Waals surface area contributed by atoms with Crippen molar-refractivity contribution in [1.82, 2.24) is 10.3 Å². The number of nitrogens with zero attached hydrogens (tertiary/aromatic N) is 1. The van der Waals surface area contributed by atoms with Crippen LogP contribution in [0.2, 0.25) is 0 Å². The van der Waals surface area contributed by atoms with E-state index in [0.717, 1.165) is 23.5 Å². The highest BCUT2D eigenvalue weighted by atomic mass is 32.1. The van der Waals surface area contributed by atoms with Gasteiger partial charge in [0.15, 0.2) is 0 Å². The Bertz CT molecular complexity index is 670. The molecule has 0 saturated heterocycles. The number of carbonyl (C=O) groups is 1. The molecule has 0 fully saturated rings. The molecule has 0 saturated carbocycles. The SMILES string of the molecule is CCC(CC)(CN)NC(=O)c1csc(-c2c(F)cccc2F)n1. The number of amides is 1. The third kappa shape index (κ3) is 3.56. The summed E-state index contributed by atoms with van der Waals surface area (Å²) in [5.41, 5.74) is 5.18. The number of carbonyl (C=O) groups excluding carboxylic acids is 1. The zero-order valence-electron chi connectivity index (χ0n) is 13.0. The molecule has 1 heterocycles. The molecule has 0 radical (unpaired) electrons. The number of halogens is 2. The molecule has 0 atom stereocenters. The van der Waals surface area contributed by atoms with Crippen LogP contribution < -0.4 is 11.1 Å². The van der Waals surface area contributed by atoms with E-state index in [4.69, 9.17) is 5.73 Å². The summed E-state index contributed by atoms with van der Waals surface area (Å²) in [5.74, 6) is -1.80. The first-order valence-electron chi connectivity index (χ1n) is 7.38. The van der Waals surface area contributed by atoms with Crippen LogP contribution in [0.15, 0.2) is 23.6 Å². The molecule has 0 spiro atoms. The zero-order chi connectivity index (χ0) is 17.0. The molecule has 0 aliphatic heterocycles. The van der Waals surface area contributed by atoms with Gasteiger partial charge in [0.05, 0.1) is 11.1 Å². The summed E-state index contributed by atoms with van der Waals surface area (Å²) in [6, 6.07) is 3.60. The molecule has 0 aliphatic rings. The van der Waals surface area contributed by atoms with E-state index >= 15 is 0 Å². The highest BCUT2D eigenvalue weighted by molar-refractivity contribution is 7.13. The Morgan fingerprint density at radius 2 is 1.91 bits per heavy atom. The van der Waals surface area contributed by atoms with Crippen LogP contribution in [0.4, 0.5) is 8.78 Å². The van der Waals surface area contributed by atoms with Gasteiger partial charge in [-0.15, -0.1) is 11.3 Å². The molecule has 0 aliphatic carbocycles. The first kappa shape index (κ1) is 17.5. The highest BCUT2D eigenvalue weighted by Gasteiger charge is 2.28. The van der Waals surface area contributed by atoms with E-state index in [0.29, 0.717) is 19.4 Å². The van der Waals surface area contributed by atoms with E-state index in [9.17, 15) is 13.6 Å². The number of aromatic nitrogens is 1. The monoisotopic (exact) mass is 339 g/mol. The van der Waals surface area contributed by atoms with Crippen molar-refractivity contribution >= 4 is 17.2 Å². The van der Waals surface area contributed by atoms with E-state index in [-0.39, 0.29) is 16.3 Å². The van der Waals surface area contributed by atoms with Gasteiger partial charge in [-0.05, 0) is 25.0 Å². The van der Waals surface area contributed by atoms with Crippen molar-refractivity contribution in [3.8, 4) is 10.6 Å². The Morgan fingerprint density at radius 1 is 1.30 bits per heavy atom. The lowest BCUT2D eigenvalue weighted by molar-refractivity contribution is 0.0891. The van der Waals surface area contributed by atoms with E-state index in [1.54, 1.807) is 0 Å². The minimum absolute atomic E-state index is 0.132. The quantitative estimate of drug-likeness (QED) is 0.848. The minimum atomic E-state index is -0.704. The van der Waals surface area contributed by atoms with Gasteiger partial charge in [-0.25, -0.2) is 13.8 Å². The molecule has 0 unspecified atom stereocenters. The summed E-state index contributed by atoms with van der Waals surface area (Å²) in [7, 11) is 0. The Labute approximate surface area is 137 Å². The van der Waals surface area contributed by atoms with Gasteiger partial charge in [0.1, 0.15) is 22.3 Å². The largest absolute Gasteiger partial charge is 0.344 e. The number of hydrogen-bond donors (Lipinski definition) is 2. The van der Waals surface area contributed by atoms with Gasteiger partial charge >= 0.3 is 0 Å². The number of benzene rings is 1. The second-order valence-electron chi connectivity index (χ2n) is 5.28. The van der Waals surface area contributed by atoms with Crippen LogP contribution in [-0.2, 0) is 0 Å². The first-order chi connectivity index (χ1) is 11.0. The van der Waals surface area contributed by atoms with Crippen LogP contribution in [-0.4, -0.2) is 23.0 Å². The second-order valence-corrected chi connectivity index (χ2v) is 6.14. The van der Waals surface area contributed by atoms with Crippen LogP contribution in [0.25, 0.3) is 10.6 Å². The van der Waals surface area contributed by atoms with Crippen molar-refractivity contribution < 1.29 is 13.6 Å². The Balaban J connectivity index is 2.27. The van der Waals surface area contributed by atoms with Gasteiger partial charge < -0.3 is 11.1 Å². The van der Waals surface area contributed by atoms with Crippen molar-refractivity contribution in [3.63, 3.8) is 0 Å². The van der Waals surface area contributed by atoms with Crippen LogP contribution in [0.5, 0.6) is 0 Å². The Kier molecular flexibility index (Phi) is 5.43. The second kappa shape index (κ2) is 7.14. The van der Waals surface area contributed by atoms with E-state index in [2.05, 4.69) is 10.3 Å². The number of nitrogens with two attached hydrogens (primary N) is 1. The molecule has 2 aromatic rings. The third-order valence-electron chi connectivity index (χ3n) is 4.04. The van der Waals surface area contributed by atoms with Crippen molar-refractivity contribution in [2.24, 2.45) is 5.73 Å². The van der Waals surface area contributed by atoms with Crippen molar-refractivity contribution in [3.05, 3.63) is 40.9 Å². The molecule has 7 heteroatoms. The Morgan fingerprint density at radius 3 is 2.43 bits per heavy atom. The van der Waals surface area contributed by atoms with Gasteiger partial charge in [0.25, 0.3) is 5.91 Å². The molecule has 2 rings (SSSR count). The summed E-state index contributed by atoms with van der Waals surface area (Å²) in [5, 5.41) is 4.51. The maximum absolute atomic E-state index is 13.8. The number of rotatable bonds is 6. The molecule has 1 aromatic carbocycles. The maximum atomic E-state index is 13.8. The predicted molar refractivity (Wildman–Crippen MR) is 87.3 cm³/mol. The van der Waals surface area contributed by atoms with Gasteiger partial charge in [-0.1, -0.05) is 19.9 Å². The number of hydrogen-bond acceptors (Lipinski definition) is 4. The van der Waals surface area contributed by atoms with Crippen LogP contribution in [0.1, 0.15) is 37.2 Å². The molecule has 3 N–H and O–H groups in total. The van der Waals surface area contributed by atoms with Crippen LogP contribution in [0.3, 0.4) is 0 Å². The average Bonchev–Trinajstić information content (AvgIpc) is 3.02. The van der Waals surface area contributed by atoms with E-state index in [1.807, 2.05) is 13.8 Å². The maximum Gasteiger partial charge on any atom is 0.271 e. The summed E-state index contributed by atoms with van der Waals surface area (Å²) in [6.07, 6.45) is 1.37. The van der Waals surface area contributed by atoms with Gasteiger partial charge in [0.2, 0.25) is 0 Å². The molecule has 1 aromatic heterocycles. The normalized spacial score (nSPS) is 11.5. The summed E-state index contributed by atoms with van der Waals surface area (Å²) >= 11 is 1.02. The molecule has 124 valence electrons. The first-order valence-corrected chi connectivity index (χ1v) is 8.26. The molecule has 1 amide bonds. The van der Waals surface area contributed by atoms with Crippen LogP contribution in [0, 0.1) is 11.6 Å². The van der Waals surface area contributed by atoms with Gasteiger partial charge in [0, 0.05) is 11.9 Å². The lowest BCUT2D eigenvalue weighted by atomic mass is 9.93. The average molecular weight is 339 g/mol. The van der Waals surface area contributed by atoms with E-state index < -0.39 is 23.1 Å². The van der Waals surface area contributed by atoms with Crippen molar-refractivity contribution in [2.45, 2.75) is 32.2 Å². The van der Waals surface area contributed by atoms with Gasteiger partial charge in [-0.2, -0.15) is 0 Å². The molecular formula is C16H19F2N3OS. The zero-order valence-corrected chi connectivity index (χ0v) is 13.8. The van der Waals surface area contributed by atoms with E-state index in [1.165, 1.54) is 11.4 Å². The summed E-state index contributed by atoms with van der Waals surface area (Å²) in [4.78, 5) is 16.4. The topological polar surface area (TPSA) is 68.0 Å². The molecule has 0 bridgehead atoms. The molecule has 4 nitrogen and oxygen atoms in total.